The van der Waals surface area contributed by atoms with Crippen LogP contribution in [-0.4, -0.2) is 16.5 Å². The Morgan fingerprint density at radius 1 is 1.41 bits per heavy atom. The summed E-state index contributed by atoms with van der Waals surface area (Å²) in [5.41, 5.74) is 9.02. The zero-order chi connectivity index (χ0) is 12.3. The number of H-pyrrole nitrogens is 1. The molecule has 2 aromatic rings. The fourth-order valence-corrected chi connectivity index (χ4v) is 2.28. The molecule has 2 rings (SSSR count). The molecule has 0 amide bonds. The van der Waals surface area contributed by atoms with Gasteiger partial charge < -0.3 is 10.7 Å². The number of rotatable bonds is 4. The molecule has 0 saturated carbocycles. The van der Waals surface area contributed by atoms with Gasteiger partial charge in [-0.2, -0.15) is 0 Å². The third-order valence-corrected chi connectivity index (χ3v) is 3.17. The van der Waals surface area contributed by atoms with E-state index < -0.39 is 0 Å². The number of aromatic nitrogens is 2. The van der Waals surface area contributed by atoms with Gasteiger partial charge in [-0.25, -0.2) is 4.98 Å². The summed E-state index contributed by atoms with van der Waals surface area (Å²) in [4.78, 5) is 7.85. The molecule has 0 spiro atoms. The van der Waals surface area contributed by atoms with Crippen LogP contribution in [-0.2, 0) is 12.8 Å². The van der Waals surface area contributed by atoms with Gasteiger partial charge in [0.1, 0.15) is 5.82 Å². The minimum absolute atomic E-state index is 0.628. The van der Waals surface area contributed by atoms with Gasteiger partial charge in [0, 0.05) is 23.0 Å². The van der Waals surface area contributed by atoms with Crippen molar-refractivity contribution >= 4 is 15.9 Å². The van der Waals surface area contributed by atoms with Crippen LogP contribution < -0.4 is 5.73 Å². The van der Waals surface area contributed by atoms with E-state index in [0.29, 0.717) is 6.54 Å². The average Bonchev–Trinajstić information content (AvgIpc) is 2.60. The number of aromatic amines is 1. The van der Waals surface area contributed by atoms with Gasteiger partial charge in [0.05, 0.1) is 5.69 Å². The van der Waals surface area contributed by atoms with Crippen molar-refractivity contribution < 1.29 is 0 Å². The lowest BCUT2D eigenvalue weighted by Gasteiger charge is -2.00. The topological polar surface area (TPSA) is 54.7 Å². The Morgan fingerprint density at radius 2 is 2.24 bits per heavy atom. The number of halogens is 1. The summed E-state index contributed by atoms with van der Waals surface area (Å²) in [7, 11) is 0. The zero-order valence-electron chi connectivity index (χ0n) is 9.83. The number of nitrogens with zero attached hydrogens (tertiary/aromatic N) is 1. The van der Waals surface area contributed by atoms with E-state index in [1.54, 1.807) is 0 Å². The standard InChI is InChI=1S/C13H16BrN3/c1-9-12(17-13(16-9)5-6-15)8-10-3-2-4-11(14)7-10/h2-4,7H,5-6,8,15H2,1H3,(H,16,17). The second-order valence-corrected chi connectivity index (χ2v) is 5.02. The van der Waals surface area contributed by atoms with E-state index in [0.717, 1.165) is 34.5 Å². The summed E-state index contributed by atoms with van der Waals surface area (Å²) in [6, 6.07) is 8.31. The van der Waals surface area contributed by atoms with Gasteiger partial charge in [-0.15, -0.1) is 0 Å². The molecule has 17 heavy (non-hydrogen) atoms. The van der Waals surface area contributed by atoms with E-state index in [1.807, 2.05) is 12.1 Å². The molecule has 0 fully saturated rings. The number of nitrogens with one attached hydrogen (secondary N) is 1. The van der Waals surface area contributed by atoms with Crippen molar-refractivity contribution in [3.05, 3.63) is 51.5 Å². The molecular weight excluding hydrogens is 278 g/mol. The lowest BCUT2D eigenvalue weighted by molar-refractivity contribution is 0.885. The van der Waals surface area contributed by atoms with Gasteiger partial charge in [-0.05, 0) is 31.2 Å². The van der Waals surface area contributed by atoms with Crippen molar-refractivity contribution in [3.8, 4) is 0 Å². The SMILES string of the molecule is Cc1[nH]c(CCN)nc1Cc1cccc(Br)c1. The number of imidazole rings is 1. The summed E-state index contributed by atoms with van der Waals surface area (Å²) in [6.45, 7) is 2.68. The Labute approximate surface area is 110 Å². The van der Waals surface area contributed by atoms with Gasteiger partial charge >= 0.3 is 0 Å². The van der Waals surface area contributed by atoms with E-state index in [-0.39, 0.29) is 0 Å². The highest BCUT2D eigenvalue weighted by Gasteiger charge is 2.07. The first-order chi connectivity index (χ1) is 8.19. The minimum atomic E-state index is 0.628. The normalized spacial score (nSPS) is 10.8. The van der Waals surface area contributed by atoms with E-state index >= 15 is 0 Å². The Bertz CT molecular complexity index is 505. The summed E-state index contributed by atoms with van der Waals surface area (Å²) in [6.07, 6.45) is 1.66. The molecule has 4 heteroatoms. The summed E-state index contributed by atoms with van der Waals surface area (Å²) in [5.74, 6) is 0.981. The maximum absolute atomic E-state index is 5.53. The van der Waals surface area contributed by atoms with Gasteiger partial charge in [0.25, 0.3) is 0 Å². The number of nitrogens with two attached hydrogens (primary N) is 1. The van der Waals surface area contributed by atoms with Crippen LogP contribution in [0.2, 0.25) is 0 Å². The first-order valence-corrected chi connectivity index (χ1v) is 6.47. The number of hydrogen-bond acceptors (Lipinski definition) is 2. The van der Waals surface area contributed by atoms with E-state index in [9.17, 15) is 0 Å². The highest BCUT2D eigenvalue weighted by molar-refractivity contribution is 9.10. The van der Waals surface area contributed by atoms with Crippen molar-refractivity contribution in [1.29, 1.82) is 0 Å². The molecule has 0 unspecified atom stereocenters. The fraction of sp³-hybridized carbons (Fsp3) is 0.308. The maximum Gasteiger partial charge on any atom is 0.107 e. The molecule has 0 aliphatic rings. The van der Waals surface area contributed by atoms with Crippen molar-refractivity contribution in [3.63, 3.8) is 0 Å². The number of aryl methyl sites for hydroxylation is 1. The van der Waals surface area contributed by atoms with Crippen LogP contribution in [0, 0.1) is 6.92 Å². The summed E-state index contributed by atoms with van der Waals surface area (Å²) >= 11 is 3.48. The first kappa shape index (κ1) is 12.3. The summed E-state index contributed by atoms with van der Waals surface area (Å²) < 4.78 is 1.10. The largest absolute Gasteiger partial charge is 0.346 e. The van der Waals surface area contributed by atoms with Gasteiger partial charge in [-0.1, -0.05) is 28.1 Å². The molecule has 90 valence electrons. The molecule has 3 nitrogen and oxygen atoms in total. The number of benzene rings is 1. The van der Waals surface area contributed by atoms with E-state index in [4.69, 9.17) is 5.73 Å². The van der Waals surface area contributed by atoms with Crippen molar-refractivity contribution in [2.45, 2.75) is 19.8 Å². The molecule has 3 N–H and O–H groups in total. The minimum Gasteiger partial charge on any atom is -0.346 e. The predicted octanol–water partition coefficient (Wildman–Crippen LogP) is 2.57. The second-order valence-electron chi connectivity index (χ2n) is 4.10. The second kappa shape index (κ2) is 5.47. The smallest absolute Gasteiger partial charge is 0.107 e. The van der Waals surface area contributed by atoms with Crippen LogP contribution in [0.5, 0.6) is 0 Å². The highest BCUT2D eigenvalue weighted by atomic mass is 79.9. The third kappa shape index (κ3) is 3.17. The van der Waals surface area contributed by atoms with Gasteiger partial charge in [0.15, 0.2) is 0 Å². The quantitative estimate of drug-likeness (QED) is 0.910. The molecule has 0 aliphatic carbocycles. The molecule has 0 atom stereocenters. The zero-order valence-corrected chi connectivity index (χ0v) is 11.4. The molecule has 1 aromatic heterocycles. The Balaban J connectivity index is 2.18. The molecule has 0 aliphatic heterocycles. The predicted molar refractivity (Wildman–Crippen MR) is 73.0 cm³/mol. The molecule has 0 saturated heterocycles. The molecule has 1 aromatic carbocycles. The van der Waals surface area contributed by atoms with Crippen LogP contribution in [0.3, 0.4) is 0 Å². The van der Waals surface area contributed by atoms with Crippen molar-refractivity contribution in [2.24, 2.45) is 5.73 Å². The van der Waals surface area contributed by atoms with Crippen LogP contribution in [0.1, 0.15) is 22.8 Å². The lowest BCUT2D eigenvalue weighted by Crippen LogP contribution is -2.04. The third-order valence-electron chi connectivity index (χ3n) is 2.68. The average molecular weight is 294 g/mol. The van der Waals surface area contributed by atoms with Crippen LogP contribution >= 0.6 is 15.9 Å². The number of hydrogen-bond donors (Lipinski definition) is 2. The Kier molecular flexibility index (Phi) is 3.97. The Hall–Kier alpha value is -1.13. The van der Waals surface area contributed by atoms with E-state index in [2.05, 4.69) is 45.0 Å². The highest BCUT2D eigenvalue weighted by Crippen LogP contribution is 2.16. The molecular formula is C13H16BrN3. The molecule has 0 bridgehead atoms. The summed E-state index contributed by atoms with van der Waals surface area (Å²) in [5, 5.41) is 0. The molecule has 1 heterocycles. The van der Waals surface area contributed by atoms with Gasteiger partial charge in [-0.3, -0.25) is 0 Å². The van der Waals surface area contributed by atoms with Crippen molar-refractivity contribution in [1.82, 2.24) is 9.97 Å². The fourth-order valence-electron chi connectivity index (χ4n) is 1.83. The van der Waals surface area contributed by atoms with Crippen LogP contribution in [0.15, 0.2) is 28.7 Å². The monoisotopic (exact) mass is 293 g/mol. The Morgan fingerprint density at radius 3 is 2.94 bits per heavy atom. The van der Waals surface area contributed by atoms with Crippen LogP contribution in [0.4, 0.5) is 0 Å². The lowest BCUT2D eigenvalue weighted by atomic mass is 10.1. The van der Waals surface area contributed by atoms with Crippen molar-refractivity contribution in [2.75, 3.05) is 6.54 Å². The maximum atomic E-state index is 5.53. The van der Waals surface area contributed by atoms with E-state index in [1.165, 1.54) is 5.56 Å². The first-order valence-electron chi connectivity index (χ1n) is 5.68. The van der Waals surface area contributed by atoms with Gasteiger partial charge in [0.2, 0.25) is 0 Å². The molecule has 0 radical (unpaired) electrons. The van der Waals surface area contributed by atoms with Crippen LogP contribution in [0.25, 0.3) is 0 Å².